The Hall–Kier alpha value is -0.940. The third kappa shape index (κ3) is 3.83. The Morgan fingerprint density at radius 3 is 2.25 bits per heavy atom. The SMILES string of the molecule is NC1CCN(C2CCN(C3CCN(Cc4ccccc4)C3)C2)CC1. The van der Waals surface area contributed by atoms with Crippen molar-refractivity contribution in [3.05, 3.63) is 35.9 Å². The van der Waals surface area contributed by atoms with Crippen LogP contribution >= 0.6 is 0 Å². The van der Waals surface area contributed by atoms with E-state index >= 15 is 0 Å². The molecular formula is C20H32N4. The average Bonchev–Trinajstić information content (AvgIpc) is 3.26. The van der Waals surface area contributed by atoms with E-state index in [1.54, 1.807) is 0 Å². The van der Waals surface area contributed by atoms with Gasteiger partial charge in [0, 0.05) is 50.8 Å². The second kappa shape index (κ2) is 7.52. The second-order valence-electron chi connectivity index (χ2n) is 7.97. The molecule has 4 nitrogen and oxygen atoms in total. The predicted octanol–water partition coefficient (Wildman–Crippen LogP) is 1.76. The fourth-order valence-corrected chi connectivity index (χ4v) is 4.78. The summed E-state index contributed by atoms with van der Waals surface area (Å²) in [4.78, 5) is 8.11. The van der Waals surface area contributed by atoms with Crippen molar-refractivity contribution in [3.8, 4) is 0 Å². The third-order valence-electron chi connectivity index (χ3n) is 6.30. The first kappa shape index (κ1) is 16.5. The summed E-state index contributed by atoms with van der Waals surface area (Å²) in [5.74, 6) is 0. The zero-order valence-corrected chi connectivity index (χ0v) is 14.8. The molecule has 2 atom stereocenters. The lowest BCUT2D eigenvalue weighted by Crippen LogP contribution is -2.46. The first-order valence-corrected chi connectivity index (χ1v) is 9.78. The molecule has 0 radical (unpaired) electrons. The smallest absolute Gasteiger partial charge is 0.0236 e. The summed E-state index contributed by atoms with van der Waals surface area (Å²) in [6.45, 7) is 8.59. The minimum absolute atomic E-state index is 0.445. The summed E-state index contributed by atoms with van der Waals surface area (Å²) in [7, 11) is 0. The zero-order valence-electron chi connectivity index (χ0n) is 14.8. The Labute approximate surface area is 146 Å². The summed E-state index contributed by atoms with van der Waals surface area (Å²) in [5, 5.41) is 0. The molecule has 1 aromatic carbocycles. The van der Waals surface area contributed by atoms with Gasteiger partial charge in [0.15, 0.2) is 0 Å². The maximum Gasteiger partial charge on any atom is 0.0236 e. The highest BCUT2D eigenvalue weighted by molar-refractivity contribution is 5.14. The Kier molecular flexibility index (Phi) is 5.18. The molecule has 0 saturated carbocycles. The van der Waals surface area contributed by atoms with E-state index in [2.05, 4.69) is 45.0 Å². The number of nitrogens with zero attached hydrogens (tertiary/aromatic N) is 3. The van der Waals surface area contributed by atoms with Gasteiger partial charge in [-0.2, -0.15) is 0 Å². The highest BCUT2D eigenvalue weighted by atomic mass is 15.3. The van der Waals surface area contributed by atoms with Gasteiger partial charge in [0.05, 0.1) is 0 Å². The van der Waals surface area contributed by atoms with Crippen LogP contribution in [-0.4, -0.2) is 72.1 Å². The maximum atomic E-state index is 6.06. The second-order valence-corrected chi connectivity index (χ2v) is 7.97. The fourth-order valence-electron chi connectivity index (χ4n) is 4.78. The molecule has 4 rings (SSSR count). The van der Waals surface area contributed by atoms with Crippen molar-refractivity contribution in [2.45, 2.75) is 50.4 Å². The number of rotatable bonds is 4. The Bertz CT molecular complexity index is 512. The molecule has 3 aliphatic rings. The summed E-state index contributed by atoms with van der Waals surface area (Å²) in [5.41, 5.74) is 7.50. The molecule has 0 aliphatic carbocycles. The molecule has 3 heterocycles. The van der Waals surface area contributed by atoms with E-state index in [4.69, 9.17) is 5.73 Å². The van der Waals surface area contributed by atoms with Gasteiger partial charge < -0.3 is 5.73 Å². The number of hydrogen-bond donors (Lipinski definition) is 1. The van der Waals surface area contributed by atoms with Crippen molar-refractivity contribution in [3.63, 3.8) is 0 Å². The molecule has 0 spiro atoms. The molecule has 2 N–H and O–H groups in total. The van der Waals surface area contributed by atoms with E-state index in [1.165, 1.54) is 70.5 Å². The Morgan fingerprint density at radius 1 is 0.792 bits per heavy atom. The summed E-state index contributed by atoms with van der Waals surface area (Å²) in [6.07, 6.45) is 5.06. The van der Waals surface area contributed by atoms with E-state index in [1.807, 2.05) is 0 Å². The van der Waals surface area contributed by atoms with Crippen molar-refractivity contribution in [2.24, 2.45) is 5.73 Å². The van der Waals surface area contributed by atoms with Gasteiger partial charge in [0.1, 0.15) is 0 Å². The predicted molar refractivity (Wildman–Crippen MR) is 98.9 cm³/mol. The van der Waals surface area contributed by atoms with Gasteiger partial charge >= 0.3 is 0 Å². The minimum Gasteiger partial charge on any atom is -0.328 e. The molecular weight excluding hydrogens is 296 g/mol. The maximum absolute atomic E-state index is 6.06. The molecule has 1 aromatic rings. The van der Waals surface area contributed by atoms with Gasteiger partial charge in [-0.05, 0) is 44.3 Å². The molecule has 3 aliphatic heterocycles. The van der Waals surface area contributed by atoms with Crippen LogP contribution in [0.4, 0.5) is 0 Å². The van der Waals surface area contributed by atoms with Gasteiger partial charge in [-0.3, -0.25) is 14.7 Å². The van der Waals surface area contributed by atoms with Crippen LogP contribution in [0.25, 0.3) is 0 Å². The summed E-state index contributed by atoms with van der Waals surface area (Å²) >= 11 is 0. The quantitative estimate of drug-likeness (QED) is 0.914. The molecule has 4 heteroatoms. The number of likely N-dealkylation sites (tertiary alicyclic amines) is 3. The standard InChI is InChI=1S/C20H32N4/c21-18-6-11-23(12-7-18)20-9-13-24(16-20)19-8-10-22(15-19)14-17-4-2-1-3-5-17/h1-5,18-20H,6-16,21H2. The summed E-state index contributed by atoms with van der Waals surface area (Å²) in [6, 6.07) is 12.9. The van der Waals surface area contributed by atoms with Gasteiger partial charge in [0.2, 0.25) is 0 Å². The number of piperidine rings is 1. The van der Waals surface area contributed by atoms with Gasteiger partial charge in [0.25, 0.3) is 0 Å². The Morgan fingerprint density at radius 2 is 1.46 bits per heavy atom. The monoisotopic (exact) mass is 328 g/mol. The lowest BCUT2D eigenvalue weighted by Gasteiger charge is -2.35. The van der Waals surface area contributed by atoms with E-state index in [-0.39, 0.29) is 0 Å². The van der Waals surface area contributed by atoms with Crippen LogP contribution < -0.4 is 5.73 Å². The van der Waals surface area contributed by atoms with E-state index in [0.717, 1.165) is 18.6 Å². The molecule has 0 amide bonds. The summed E-state index contributed by atoms with van der Waals surface area (Å²) < 4.78 is 0. The first-order chi connectivity index (χ1) is 11.8. The van der Waals surface area contributed by atoms with Crippen LogP contribution in [0.3, 0.4) is 0 Å². The van der Waals surface area contributed by atoms with Crippen molar-refractivity contribution >= 4 is 0 Å². The van der Waals surface area contributed by atoms with E-state index in [0.29, 0.717) is 6.04 Å². The number of nitrogens with two attached hydrogens (primary N) is 1. The molecule has 0 bridgehead atoms. The molecule has 0 aromatic heterocycles. The molecule has 3 fully saturated rings. The molecule has 2 unspecified atom stereocenters. The van der Waals surface area contributed by atoms with Crippen molar-refractivity contribution in [1.29, 1.82) is 0 Å². The van der Waals surface area contributed by atoms with Crippen molar-refractivity contribution in [1.82, 2.24) is 14.7 Å². The molecule has 24 heavy (non-hydrogen) atoms. The highest BCUT2D eigenvalue weighted by Gasteiger charge is 2.35. The third-order valence-corrected chi connectivity index (χ3v) is 6.30. The van der Waals surface area contributed by atoms with Crippen LogP contribution in [0.15, 0.2) is 30.3 Å². The lowest BCUT2D eigenvalue weighted by atomic mass is 10.0. The Balaban J connectivity index is 1.26. The van der Waals surface area contributed by atoms with Gasteiger partial charge in [-0.1, -0.05) is 30.3 Å². The van der Waals surface area contributed by atoms with Gasteiger partial charge in [-0.25, -0.2) is 0 Å². The van der Waals surface area contributed by atoms with Crippen molar-refractivity contribution in [2.75, 3.05) is 39.3 Å². The van der Waals surface area contributed by atoms with Crippen LogP contribution in [-0.2, 0) is 6.54 Å². The topological polar surface area (TPSA) is 35.7 Å². The normalized spacial score (nSPS) is 31.0. The van der Waals surface area contributed by atoms with E-state index in [9.17, 15) is 0 Å². The largest absolute Gasteiger partial charge is 0.328 e. The molecule has 132 valence electrons. The highest BCUT2D eigenvalue weighted by Crippen LogP contribution is 2.25. The lowest BCUT2D eigenvalue weighted by molar-refractivity contribution is 0.143. The van der Waals surface area contributed by atoms with Crippen LogP contribution in [0.5, 0.6) is 0 Å². The number of benzene rings is 1. The fraction of sp³-hybridized carbons (Fsp3) is 0.700. The van der Waals surface area contributed by atoms with E-state index < -0.39 is 0 Å². The minimum atomic E-state index is 0.445. The number of hydrogen-bond acceptors (Lipinski definition) is 4. The van der Waals surface area contributed by atoms with Crippen LogP contribution in [0.1, 0.15) is 31.2 Å². The average molecular weight is 329 g/mol. The van der Waals surface area contributed by atoms with Crippen LogP contribution in [0, 0.1) is 0 Å². The zero-order chi connectivity index (χ0) is 16.4. The van der Waals surface area contributed by atoms with Crippen LogP contribution in [0.2, 0.25) is 0 Å². The first-order valence-electron chi connectivity index (χ1n) is 9.78. The van der Waals surface area contributed by atoms with Crippen molar-refractivity contribution < 1.29 is 0 Å². The van der Waals surface area contributed by atoms with Gasteiger partial charge in [-0.15, -0.1) is 0 Å². The molecule has 3 saturated heterocycles.